The van der Waals surface area contributed by atoms with Crippen LogP contribution in [0.2, 0.25) is 0 Å². The van der Waals surface area contributed by atoms with E-state index in [1.165, 1.54) is 26.4 Å². The third-order valence-corrected chi connectivity index (χ3v) is 9.16. The van der Waals surface area contributed by atoms with Gasteiger partial charge in [-0.25, -0.2) is 4.98 Å². The maximum atomic E-state index is 14.0. The molecule has 1 aromatic carbocycles. The van der Waals surface area contributed by atoms with E-state index in [2.05, 4.69) is 51.8 Å². The van der Waals surface area contributed by atoms with Crippen LogP contribution in [0.15, 0.2) is 48.0 Å². The highest BCUT2D eigenvalue weighted by molar-refractivity contribution is 5.97. The van der Waals surface area contributed by atoms with Crippen LogP contribution in [0.5, 0.6) is 0 Å². The molecule has 2 aromatic heterocycles. The summed E-state index contributed by atoms with van der Waals surface area (Å²) in [5.41, 5.74) is 18.3. The number of aliphatic hydroxyl groups is 1. The zero-order chi connectivity index (χ0) is 45.2. The molecule has 7 atom stereocenters. The van der Waals surface area contributed by atoms with E-state index in [0.717, 1.165) is 10.9 Å². The van der Waals surface area contributed by atoms with Crippen molar-refractivity contribution in [3.63, 3.8) is 0 Å². The molecule has 24 heteroatoms. The van der Waals surface area contributed by atoms with Gasteiger partial charge in [-0.05, 0) is 44.7 Å². The van der Waals surface area contributed by atoms with E-state index in [1.54, 1.807) is 12.3 Å². The number of aromatic nitrogens is 3. The average Bonchev–Trinajstić information content (AvgIpc) is 3.88. The second-order valence-electron chi connectivity index (χ2n) is 14.1. The number of benzene rings is 1. The van der Waals surface area contributed by atoms with E-state index in [1.807, 2.05) is 18.2 Å². The lowest BCUT2D eigenvalue weighted by Gasteiger charge is -2.27. The van der Waals surface area contributed by atoms with Crippen molar-refractivity contribution in [1.29, 1.82) is 0 Å². The molecule has 0 fully saturated rings. The van der Waals surface area contributed by atoms with Crippen molar-refractivity contribution >= 4 is 64.2 Å². The van der Waals surface area contributed by atoms with Crippen molar-refractivity contribution in [3.05, 3.63) is 54.2 Å². The average molecular weight is 856 g/mol. The molecule has 0 bridgehead atoms. The molecular formula is C37H53N13O11. The number of carboxylic acid groups (broad SMARTS) is 2. The van der Waals surface area contributed by atoms with Gasteiger partial charge in [-0.2, -0.15) is 0 Å². The Bertz CT molecular complexity index is 2030. The molecule has 0 unspecified atom stereocenters. The van der Waals surface area contributed by atoms with Gasteiger partial charge < -0.3 is 74.4 Å². The number of H-pyrrole nitrogens is 2. The molecule has 332 valence electrons. The molecule has 61 heavy (non-hydrogen) atoms. The first-order chi connectivity index (χ1) is 28.9. The summed E-state index contributed by atoms with van der Waals surface area (Å²) in [6, 6.07) is -2.63. The number of hydrogen-bond acceptors (Lipinski definition) is 12. The van der Waals surface area contributed by atoms with E-state index in [-0.39, 0.29) is 38.2 Å². The first-order valence-corrected chi connectivity index (χ1v) is 19.1. The summed E-state index contributed by atoms with van der Waals surface area (Å²) in [4.78, 5) is 117. The highest BCUT2D eigenvalue weighted by Crippen LogP contribution is 2.19. The summed E-state index contributed by atoms with van der Waals surface area (Å²) in [5.74, 6) is -8.51. The van der Waals surface area contributed by atoms with E-state index >= 15 is 0 Å². The van der Waals surface area contributed by atoms with Crippen molar-refractivity contribution in [1.82, 2.24) is 46.9 Å². The number of fused-ring (bicyclic) bond motifs is 1. The van der Waals surface area contributed by atoms with Gasteiger partial charge >= 0.3 is 11.9 Å². The Labute approximate surface area is 348 Å². The zero-order valence-electron chi connectivity index (χ0n) is 33.5. The minimum atomic E-state index is -1.76. The maximum absolute atomic E-state index is 14.0. The largest absolute Gasteiger partial charge is 0.481 e. The molecule has 0 saturated heterocycles. The van der Waals surface area contributed by atoms with Crippen LogP contribution in [0.1, 0.15) is 50.8 Å². The van der Waals surface area contributed by atoms with Crippen LogP contribution in [0.25, 0.3) is 10.9 Å². The third kappa shape index (κ3) is 15.6. The number of rotatable bonds is 25. The smallest absolute Gasteiger partial charge is 0.325 e. The summed E-state index contributed by atoms with van der Waals surface area (Å²) in [6.07, 6.45) is 2.98. The molecule has 0 radical (unpaired) electrons. The van der Waals surface area contributed by atoms with Gasteiger partial charge in [0.1, 0.15) is 36.3 Å². The number of nitrogens with two attached hydrogens (primary N) is 3. The molecule has 24 nitrogen and oxygen atoms in total. The molecule has 6 amide bonds. The van der Waals surface area contributed by atoms with Gasteiger partial charge in [0.25, 0.3) is 0 Å². The van der Waals surface area contributed by atoms with Crippen LogP contribution >= 0.6 is 0 Å². The molecule has 17 N–H and O–H groups in total. The van der Waals surface area contributed by atoms with E-state index in [4.69, 9.17) is 17.2 Å². The number of hydrogen-bond donors (Lipinski definition) is 14. The summed E-state index contributed by atoms with van der Waals surface area (Å²) in [5, 5.41) is 44.0. The maximum Gasteiger partial charge on any atom is 0.325 e. The zero-order valence-corrected chi connectivity index (χ0v) is 33.5. The molecule has 3 rings (SSSR count). The van der Waals surface area contributed by atoms with Crippen molar-refractivity contribution < 1.29 is 53.7 Å². The van der Waals surface area contributed by atoms with Crippen molar-refractivity contribution in [3.8, 4) is 0 Å². The molecular weight excluding hydrogens is 802 g/mol. The number of carbonyl (C=O) groups is 8. The molecule has 3 aromatic rings. The lowest BCUT2D eigenvalue weighted by Crippen LogP contribution is -2.60. The fourth-order valence-electron chi connectivity index (χ4n) is 5.83. The fraction of sp³-hybridized carbons (Fsp3) is 0.459. The quantitative estimate of drug-likeness (QED) is 0.0219. The van der Waals surface area contributed by atoms with E-state index in [9.17, 15) is 53.7 Å². The second kappa shape index (κ2) is 23.5. The molecule has 0 aliphatic rings. The monoisotopic (exact) mass is 855 g/mol. The highest BCUT2D eigenvalue weighted by Gasteiger charge is 2.34. The number of nitrogens with zero attached hydrogens (tertiary/aromatic N) is 2. The highest BCUT2D eigenvalue weighted by atomic mass is 16.4. The van der Waals surface area contributed by atoms with Gasteiger partial charge in [-0.3, -0.25) is 43.3 Å². The summed E-state index contributed by atoms with van der Waals surface area (Å²) in [7, 11) is 0. The first-order valence-electron chi connectivity index (χ1n) is 19.1. The SMILES string of the molecule is C[C@H](N)C(=O)N[C@@H](Cc1c[nH]c2ccccc12)C(=O)N[C@@H](Cc1cnc[nH]1)C(=O)N[C@@H](CCC(=O)O)C(=O)N[C@@H](CO)C(=O)N[C@@H](CCCN=C(N)N)C(=O)N[C@@H](C)C(=O)O. The van der Waals surface area contributed by atoms with Gasteiger partial charge in [-0.1, -0.05) is 18.2 Å². The first kappa shape index (κ1) is 48.3. The topological polar surface area (TPSA) is 404 Å². The summed E-state index contributed by atoms with van der Waals surface area (Å²) >= 11 is 0. The Morgan fingerprint density at radius 2 is 1.30 bits per heavy atom. The Balaban J connectivity index is 1.85. The standard InChI is InChI=1S/C37H53N13O11/c1-18(38)30(54)48-26(12-20-14-43-23-7-4-3-6-22(20)23)33(57)49-27(13-21-15-41-17-44-21)34(58)47-25(9-10-29(52)53)32(56)50-28(16-51)35(59)46-24(8-5-11-42-37(39)40)31(55)45-19(2)36(60)61/h3-4,6-7,14-15,17-19,24-28,43,51H,5,8-13,16,38H2,1-2H3,(H,41,44)(H,45,55)(H,46,59)(H,47,58)(H,48,54)(H,49,57)(H,50,56)(H,52,53)(H,60,61)(H4,39,40,42)/t18-,19-,24-,25-,26-,27-,28-/m0/s1. The minimum Gasteiger partial charge on any atom is -0.481 e. The van der Waals surface area contributed by atoms with E-state index in [0.29, 0.717) is 11.3 Å². The van der Waals surface area contributed by atoms with Gasteiger partial charge in [-0.15, -0.1) is 0 Å². The molecule has 0 saturated carbocycles. The van der Waals surface area contributed by atoms with Gasteiger partial charge in [0.05, 0.1) is 19.0 Å². The predicted octanol–water partition coefficient (Wildman–Crippen LogP) is -4.05. The normalized spacial score (nSPS) is 14.4. The fourth-order valence-corrected chi connectivity index (χ4v) is 5.83. The van der Waals surface area contributed by atoms with Crippen LogP contribution in [-0.4, -0.2) is 139 Å². The van der Waals surface area contributed by atoms with Crippen molar-refractivity contribution in [2.75, 3.05) is 13.2 Å². The Morgan fingerprint density at radius 3 is 1.89 bits per heavy atom. The Kier molecular flexibility index (Phi) is 18.6. The summed E-state index contributed by atoms with van der Waals surface area (Å²) in [6.45, 7) is 1.62. The van der Waals surface area contributed by atoms with Crippen molar-refractivity contribution in [2.24, 2.45) is 22.2 Å². The molecule has 2 heterocycles. The number of aliphatic carboxylic acids is 2. The van der Waals surface area contributed by atoms with Crippen LogP contribution < -0.4 is 49.1 Å². The van der Waals surface area contributed by atoms with Gasteiger partial charge in [0.2, 0.25) is 35.4 Å². The van der Waals surface area contributed by atoms with Crippen LogP contribution in [0.3, 0.4) is 0 Å². The Morgan fingerprint density at radius 1 is 0.738 bits per heavy atom. The predicted molar refractivity (Wildman–Crippen MR) is 217 cm³/mol. The second-order valence-corrected chi connectivity index (χ2v) is 14.1. The number of nitrogens with one attached hydrogen (secondary N) is 8. The number of carboxylic acids is 2. The number of para-hydroxylation sites is 1. The van der Waals surface area contributed by atoms with Crippen LogP contribution in [0, 0.1) is 0 Å². The number of amides is 6. The minimum absolute atomic E-state index is 0.0294. The molecule has 0 spiro atoms. The number of aliphatic hydroxyl groups excluding tert-OH is 1. The molecule has 0 aliphatic carbocycles. The lowest BCUT2D eigenvalue weighted by molar-refractivity contribution is -0.142. The third-order valence-electron chi connectivity index (χ3n) is 9.16. The van der Waals surface area contributed by atoms with Crippen LogP contribution in [0.4, 0.5) is 0 Å². The number of carbonyl (C=O) groups excluding carboxylic acids is 6. The van der Waals surface area contributed by atoms with Gasteiger partial charge in [0.15, 0.2) is 5.96 Å². The lowest BCUT2D eigenvalue weighted by atomic mass is 10.0. The van der Waals surface area contributed by atoms with Crippen LogP contribution in [-0.2, 0) is 51.2 Å². The van der Waals surface area contributed by atoms with Gasteiger partial charge in [0, 0.05) is 54.8 Å². The summed E-state index contributed by atoms with van der Waals surface area (Å²) < 4.78 is 0. The molecule has 0 aliphatic heterocycles. The van der Waals surface area contributed by atoms with E-state index < -0.39 is 109 Å². The number of imidazole rings is 1. The number of aromatic amines is 2. The Hall–Kier alpha value is -7.08. The van der Waals surface area contributed by atoms with Crippen molar-refractivity contribution in [2.45, 2.75) is 94.7 Å². The number of guanidine groups is 1. The number of aliphatic imine (C=N–C) groups is 1.